The van der Waals surface area contributed by atoms with Crippen molar-refractivity contribution in [2.45, 2.75) is 0 Å². The molecular weight excluding hydrogens is 460 g/mol. The maximum atomic E-state index is 12.4. The Bertz CT molecular complexity index is 1320. The van der Waals surface area contributed by atoms with Gasteiger partial charge in [-0.15, -0.1) is 0 Å². The standard InChI is InChI=1S/C23H17ClN6O4/c24-19-9-5-4-8-18(19)23(31)29-28-22-20(30(32)33)21(25-14-26-22)27-15-10-12-17(13-11-15)34-16-6-2-1-3-7-16/h1-14H,(H,29,31)(H2,25,26,27,28). The number of nitrogens with zero attached hydrogens (tertiary/aromatic N) is 3. The fourth-order valence-electron chi connectivity index (χ4n) is 2.93. The maximum absolute atomic E-state index is 12.4. The summed E-state index contributed by atoms with van der Waals surface area (Å²) in [5.74, 6) is 0.433. The van der Waals surface area contributed by atoms with Crippen LogP contribution in [0.25, 0.3) is 0 Å². The van der Waals surface area contributed by atoms with Crippen LogP contribution >= 0.6 is 11.6 Å². The Balaban J connectivity index is 1.49. The van der Waals surface area contributed by atoms with Gasteiger partial charge >= 0.3 is 5.69 Å². The minimum atomic E-state index is -0.654. The molecule has 0 fully saturated rings. The summed E-state index contributed by atoms with van der Waals surface area (Å²) < 4.78 is 5.74. The number of amides is 1. The lowest BCUT2D eigenvalue weighted by molar-refractivity contribution is -0.383. The van der Waals surface area contributed by atoms with E-state index in [0.29, 0.717) is 17.2 Å². The highest BCUT2D eigenvalue weighted by Gasteiger charge is 2.24. The van der Waals surface area contributed by atoms with Crippen LogP contribution in [0.5, 0.6) is 11.5 Å². The molecule has 0 unspecified atom stereocenters. The number of carbonyl (C=O) groups is 1. The van der Waals surface area contributed by atoms with Crippen molar-refractivity contribution in [3.8, 4) is 11.5 Å². The summed E-state index contributed by atoms with van der Waals surface area (Å²) in [4.78, 5) is 31.3. The van der Waals surface area contributed by atoms with Crippen LogP contribution in [0.2, 0.25) is 5.02 Å². The van der Waals surface area contributed by atoms with E-state index < -0.39 is 16.5 Å². The number of hydrogen-bond acceptors (Lipinski definition) is 8. The first-order valence-electron chi connectivity index (χ1n) is 9.91. The Labute approximate surface area is 198 Å². The minimum absolute atomic E-state index is 0.0637. The molecule has 34 heavy (non-hydrogen) atoms. The predicted octanol–water partition coefficient (Wildman–Crippen LogP) is 5.33. The summed E-state index contributed by atoms with van der Waals surface area (Å²) in [5, 5.41) is 14.9. The summed E-state index contributed by atoms with van der Waals surface area (Å²) in [6.45, 7) is 0. The van der Waals surface area contributed by atoms with Crippen molar-refractivity contribution in [1.82, 2.24) is 15.4 Å². The normalized spacial score (nSPS) is 10.3. The number of halogens is 1. The molecule has 1 amide bonds. The number of hydrogen-bond donors (Lipinski definition) is 3. The molecule has 3 aromatic carbocycles. The molecule has 0 aliphatic heterocycles. The summed E-state index contributed by atoms with van der Waals surface area (Å²) in [5.41, 5.74) is 5.11. The van der Waals surface area contributed by atoms with Crippen LogP contribution in [0.3, 0.4) is 0 Å². The van der Waals surface area contributed by atoms with Crippen molar-refractivity contribution >= 4 is 40.5 Å². The fourth-order valence-corrected chi connectivity index (χ4v) is 3.15. The molecule has 3 N–H and O–H groups in total. The third-order valence-electron chi connectivity index (χ3n) is 4.51. The van der Waals surface area contributed by atoms with Crippen LogP contribution in [-0.2, 0) is 0 Å². The van der Waals surface area contributed by atoms with E-state index in [2.05, 4.69) is 26.1 Å². The number of hydrazine groups is 1. The summed E-state index contributed by atoms with van der Waals surface area (Å²) >= 11 is 6.01. The third-order valence-corrected chi connectivity index (χ3v) is 4.84. The van der Waals surface area contributed by atoms with Crippen molar-refractivity contribution in [3.05, 3.63) is 106 Å². The van der Waals surface area contributed by atoms with Gasteiger partial charge in [0.25, 0.3) is 5.91 Å². The number of rotatable bonds is 8. The summed E-state index contributed by atoms with van der Waals surface area (Å²) in [6, 6.07) is 22.5. The summed E-state index contributed by atoms with van der Waals surface area (Å²) in [6.07, 6.45) is 1.13. The highest BCUT2D eigenvalue weighted by molar-refractivity contribution is 6.33. The Hall–Kier alpha value is -4.70. The van der Waals surface area contributed by atoms with Gasteiger partial charge in [-0.1, -0.05) is 41.9 Å². The summed E-state index contributed by atoms with van der Waals surface area (Å²) in [7, 11) is 0. The van der Waals surface area contributed by atoms with Gasteiger partial charge in [0.2, 0.25) is 11.6 Å². The number of para-hydroxylation sites is 1. The lowest BCUT2D eigenvalue weighted by Gasteiger charge is -2.12. The van der Waals surface area contributed by atoms with Crippen molar-refractivity contribution in [2.75, 3.05) is 10.7 Å². The van der Waals surface area contributed by atoms with Gasteiger partial charge in [-0.3, -0.25) is 25.8 Å². The largest absolute Gasteiger partial charge is 0.457 e. The second kappa shape index (κ2) is 10.3. The number of aromatic nitrogens is 2. The molecule has 0 saturated carbocycles. The van der Waals surface area contributed by atoms with Crippen LogP contribution < -0.4 is 20.9 Å². The number of carbonyl (C=O) groups excluding carboxylic acids is 1. The minimum Gasteiger partial charge on any atom is -0.457 e. The van der Waals surface area contributed by atoms with Gasteiger partial charge in [-0.25, -0.2) is 9.97 Å². The van der Waals surface area contributed by atoms with Crippen LogP contribution in [0.4, 0.5) is 23.0 Å². The van der Waals surface area contributed by atoms with E-state index in [1.54, 1.807) is 42.5 Å². The van der Waals surface area contributed by atoms with Crippen molar-refractivity contribution < 1.29 is 14.5 Å². The number of ether oxygens (including phenoxy) is 1. The number of nitro groups is 1. The molecule has 0 spiro atoms. The Morgan fingerprint density at radius 2 is 1.53 bits per heavy atom. The Morgan fingerprint density at radius 1 is 0.882 bits per heavy atom. The van der Waals surface area contributed by atoms with Gasteiger partial charge in [0.1, 0.15) is 17.8 Å². The molecule has 0 bridgehead atoms. The fraction of sp³-hybridized carbons (Fsp3) is 0. The molecule has 1 heterocycles. The third kappa shape index (κ3) is 5.37. The second-order valence-electron chi connectivity index (χ2n) is 6.80. The van der Waals surface area contributed by atoms with Crippen LogP contribution in [0, 0.1) is 10.1 Å². The smallest absolute Gasteiger partial charge is 0.355 e. The van der Waals surface area contributed by atoms with Gasteiger partial charge in [-0.2, -0.15) is 0 Å². The van der Waals surface area contributed by atoms with E-state index in [0.717, 1.165) is 6.33 Å². The molecule has 10 nitrogen and oxygen atoms in total. The van der Waals surface area contributed by atoms with Gasteiger partial charge in [0, 0.05) is 5.69 Å². The zero-order chi connectivity index (χ0) is 23.9. The number of anilines is 3. The molecule has 0 atom stereocenters. The van der Waals surface area contributed by atoms with Crippen LogP contribution in [0.1, 0.15) is 10.4 Å². The van der Waals surface area contributed by atoms with Crippen molar-refractivity contribution in [2.24, 2.45) is 0 Å². The first-order valence-corrected chi connectivity index (χ1v) is 10.3. The maximum Gasteiger partial charge on any atom is 0.355 e. The van der Waals surface area contributed by atoms with Crippen LogP contribution in [-0.4, -0.2) is 20.8 Å². The molecule has 11 heteroatoms. The second-order valence-corrected chi connectivity index (χ2v) is 7.21. The highest BCUT2D eigenvalue weighted by Crippen LogP contribution is 2.31. The topological polar surface area (TPSA) is 131 Å². The monoisotopic (exact) mass is 476 g/mol. The quantitative estimate of drug-likeness (QED) is 0.229. The lowest BCUT2D eigenvalue weighted by Crippen LogP contribution is -2.30. The molecular formula is C23H17ClN6O4. The molecule has 4 aromatic rings. The first-order chi connectivity index (χ1) is 16.5. The van der Waals surface area contributed by atoms with E-state index >= 15 is 0 Å². The molecule has 0 aliphatic carbocycles. The zero-order valence-corrected chi connectivity index (χ0v) is 18.2. The average molecular weight is 477 g/mol. The molecule has 4 rings (SSSR count). The zero-order valence-electron chi connectivity index (χ0n) is 17.4. The molecule has 1 aromatic heterocycles. The van der Waals surface area contributed by atoms with Gasteiger partial charge in [-0.05, 0) is 48.5 Å². The SMILES string of the molecule is O=C(NNc1ncnc(Nc2ccc(Oc3ccccc3)cc2)c1[N+](=O)[O-])c1ccccc1Cl. The van der Waals surface area contributed by atoms with Gasteiger partial charge < -0.3 is 10.1 Å². The molecule has 170 valence electrons. The first kappa shape index (κ1) is 22.5. The molecule has 0 saturated heterocycles. The van der Waals surface area contributed by atoms with E-state index in [-0.39, 0.29) is 22.2 Å². The Kier molecular flexibility index (Phi) is 6.80. The lowest BCUT2D eigenvalue weighted by atomic mass is 10.2. The van der Waals surface area contributed by atoms with Gasteiger partial charge in [0.15, 0.2) is 0 Å². The molecule has 0 aliphatic rings. The van der Waals surface area contributed by atoms with E-state index in [1.807, 2.05) is 30.3 Å². The van der Waals surface area contributed by atoms with Crippen molar-refractivity contribution in [3.63, 3.8) is 0 Å². The van der Waals surface area contributed by atoms with E-state index in [1.165, 1.54) is 6.07 Å². The highest BCUT2D eigenvalue weighted by atomic mass is 35.5. The number of benzene rings is 3. The van der Waals surface area contributed by atoms with Crippen LogP contribution in [0.15, 0.2) is 85.2 Å². The average Bonchev–Trinajstić information content (AvgIpc) is 2.84. The van der Waals surface area contributed by atoms with E-state index in [9.17, 15) is 14.9 Å². The van der Waals surface area contributed by atoms with E-state index in [4.69, 9.17) is 16.3 Å². The van der Waals surface area contributed by atoms with Crippen molar-refractivity contribution in [1.29, 1.82) is 0 Å². The predicted molar refractivity (Wildman–Crippen MR) is 127 cm³/mol. The Morgan fingerprint density at radius 3 is 2.24 bits per heavy atom. The van der Waals surface area contributed by atoms with Gasteiger partial charge in [0.05, 0.1) is 15.5 Å². The molecule has 0 radical (unpaired) electrons. The number of nitrogens with one attached hydrogen (secondary N) is 3.